The van der Waals surface area contributed by atoms with Gasteiger partial charge in [-0.2, -0.15) is 0 Å². The summed E-state index contributed by atoms with van der Waals surface area (Å²) >= 11 is 0. The topological polar surface area (TPSA) is 59.0 Å². The van der Waals surface area contributed by atoms with E-state index in [9.17, 15) is 9.18 Å². The number of rotatable bonds is 4. The molecule has 1 saturated heterocycles. The summed E-state index contributed by atoms with van der Waals surface area (Å²) in [7, 11) is 1.97. The Labute approximate surface area is 145 Å². The zero-order valence-electron chi connectivity index (χ0n) is 14.3. The van der Waals surface area contributed by atoms with Crippen LogP contribution in [0.25, 0.3) is 10.9 Å². The molecule has 1 unspecified atom stereocenters. The van der Waals surface area contributed by atoms with Crippen LogP contribution in [0.1, 0.15) is 11.3 Å². The number of aromatic amines is 1. The molecule has 3 heterocycles. The van der Waals surface area contributed by atoms with Crippen molar-refractivity contribution in [2.75, 3.05) is 39.9 Å². The van der Waals surface area contributed by atoms with Gasteiger partial charge in [-0.3, -0.25) is 4.79 Å². The third-order valence-corrected chi connectivity index (χ3v) is 4.95. The van der Waals surface area contributed by atoms with Gasteiger partial charge in [0, 0.05) is 41.7 Å². The van der Waals surface area contributed by atoms with E-state index in [2.05, 4.69) is 4.98 Å². The number of amides is 1. The molecule has 2 aromatic rings. The fraction of sp³-hybridized carbons (Fsp3) is 0.500. The standard InChI is InChI=1S/C18H22FN3O3/c1-21(11-18-24-6-7-25-18)10-17(23)22-5-4-16-14(9-22)13-8-12(19)2-3-15(13)20-16/h2-3,8,18,20H,4-7,9-11H2,1H3/p+1. The van der Waals surface area contributed by atoms with E-state index in [1.54, 1.807) is 12.1 Å². The Bertz CT molecular complexity index is 785. The molecule has 2 N–H and O–H groups in total. The molecular formula is C18H23FN3O3+. The number of aromatic nitrogens is 1. The molecule has 25 heavy (non-hydrogen) atoms. The van der Waals surface area contributed by atoms with Gasteiger partial charge in [0.2, 0.25) is 6.29 Å². The van der Waals surface area contributed by atoms with Crippen molar-refractivity contribution in [1.82, 2.24) is 9.88 Å². The first-order valence-corrected chi connectivity index (χ1v) is 8.71. The van der Waals surface area contributed by atoms with Gasteiger partial charge in [0.15, 0.2) is 6.54 Å². The van der Waals surface area contributed by atoms with Crippen LogP contribution in [0.4, 0.5) is 4.39 Å². The smallest absolute Gasteiger partial charge is 0.278 e. The summed E-state index contributed by atoms with van der Waals surface area (Å²) in [6.45, 7) is 3.51. The molecule has 0 saturated carbocycles. The molecule has 1 aromatic heterocycles. The highest BCUT2D eigenvalue weighted by Gasteiger charge is 2.27. The number of ether oxygens (including phenoxy) is 2. The second-order valence-corrected chi connectivity index (χ2v) is 6.85. The first kappa shape index (κ1) is 16.5. The molecule has 0 radical (unpaired) electrons. The van der Waals surface area contributed by atoms with E-state index < -0.39 is 0 Å². The fourth-order valence-corrected chi connectivity index (χ4v) is 3.65. The summed E-state index contributed by atoms with van der Waals surface area (Å²) in [5, 5.41) is 0.876. The Morgan fingerprint density at radius 3 is 3.00 bits per heavy atom. The zero-order chi connectivity index (χ0) is 17.4. The van der Waals surface area contributed by atoms with Crippen LogP contribution in [0.5, 0.6) is 0 Å². The molecular weight excluding hydrogens is 325 g/mol. The van der Waals surface area contributed by atoms with Crippen molar-refractivity contribution in [2.45, 2.75) is 19.3 Å². The van der Waals surface area contributed by atoms with Crippen molar-refractivity contribution in [1.29, 1.82) is 0 Å². The number of quaternary nitrogens is 1. The lowest BCUT2D eigenvalue weighted by Crippen LogP contribution is -3.11. The van der Waals surface area contributed by atoms with E-state index in [4.69, 9.17) is 9.47 Å². The average Bonchev–Trinajstić information content (AvgIpc) is 3.21. The number of nitrogens with zero attached hydrogens (tertiary/aromatic N) is 1. The van der Waals surface area contributed by atoms with Gasteiger partial charge in [-0.15, -0.1) is 0 Å². The second kappa shape index (κ2) is 6.74. The Hall–Kier alpha value is -1.96. The van der Waals surface area contributed by atoms with Gasteiger partial charge in [0.1, 0.15) is 12.4 Å². The first-order chi connectivity index (χ1) is 12.1. The molecule has 1 atom stereocenters. The van der Waals surface area contributed by atoms with Crippen LogP contribution in [0.15, 0.2) is 18.2 Å². The lowest BCUT2D eigenvalue weighted by molar-refractivity contribution is -0.877. The van der Waals surface area contributed by atoms with Gasteiger partial charge in [-0.1, -0.05) is 0 Å². The highest BCUT2D eigenvalue weighted by Crippen LogP contribution is 2.28. The Balaban J connectivity index is 1.43. The SMILES string of the molecule is C[NH+](CC(=O)N1CCc2[nH]c3ccc(F)cc3c2C1)CC1OCCO1. The number of likely N-dealkylation sites (N-methyl/N-ethyl adjacent to an activating group) is 1. The van der Waals surface area contributed by atoms with Crippen LogP contribution in [-0.4, -0.2) is 62.0 Å². The molecule has 0 aliphatic carbocycles. The number of benzene rings is 1. The minimum atomic E-state index is -0.251. The van der Waals surface area contributed by atoms with Crippen molar-refractivity contribution < 1.29 is 23.6 Å². The van der Waals surface area contributed by atoms with Crippen LogP contribution < -0.4 is 4.90 Å². The molecule has 134 valence electrons. The molecule has 1 fully saturated rings. The van der Waals surface area contributed by atoms with Crippen molar-refractivity contribution in [3.05, 3.63) is 35.3 Å². The second-order valence-electron chi connectivity index (χ2n) is 6.85. The summed E-state index contributed by atoms with van der Waals surface area (Å²) < 4.78 is 24.5. The van der Waals surface area contributed by atoms with Gasteiger partial charge in [0.05, 0.1) is 20.3 Å². The largest absolute Gasteiger partial charge is 0.358 e. The van der Waals surface area contributed by atoms with E-state index in [0.29, 0.717) is 39.4 Å². The molecule has 1 aromatic carbocycles. The van der Waals surface area contributed by atoms with Crippen LogP contribution in [0.3, 0.4) is 0 Å². The highest BCUT2D eigenvalue weighted by atomic mass is 19.1. The number of fused-ring (bicyclic) bond motifs is 3. The Morgan fingerprint density at radius 1 is 1.40 bits per heavy atom. The highest BCUT2D eigenvalue weighted by molar-refractivity contribution is 5.86. The zero-order valence-corrected chi connectivity index (χ0v) is 14.3. The van der Waals surface area contributed by atoms with Gasteiger partial charge < -0.3 is 24.3 Å². The summed E-state index contributed by atoms with van der Waals surface area (Å²) in [4.78, 5) is 18.9. The van der Waals surface area contributed by atoms with Crippen molar-refractivity contribution >= 4 is 16.8 Å². The number of halogens is 1. The number of hydrogen-bond acceptors (Lipinski definition) is 3. The maximum absolute atomic E-state index is 13.6. The number of carbonyl (C=O) groups is 1. The number of hydrogen-bond donors (Lipinski definition) is 2. The Kier molecular flexibility index (Phi) is 4.45. The lowest BCUT2D eigenvalue weighted by atomic mass is 10.0. The first-order valence-electron chi connectivity index (χ1n) is 8.71. The van der Waals surface area contributed by atoms with Gasteiger partial charge >= 0.3 is 0 Å². The summed E-state index contributed by atoms with van der Waals surface area (Å²) in [6.07, 6.45) is 0.558. The minimum Gasteiger partial charge on any atom is -0.358 e. The minimum absolute atomic E-state index is 0.104. The molecule has 0 spiro atoms. The predicted octanol–water partition coefficient (Wildman–Crippen LogP) is 0.0793. The molecule has 7 heteroatoms. The van der Waals surface area contributed by atoms with Gasteiger partial charge in [-0.25, -0.2) is 4.39 Å². The normalized spacial score (nSPS) is 19.4. The number of carbonyl (C=O) groups excluding carboxylic acids is 1. The summed E-state index contributed by atoms with van der Waals surface area (Å²) in [6, 6.07) is 4.76. The number of H-pyrrole nitrogens is 1. The quantitative estimate of drug-likeness (QED) is 0.823. The van der Waals surface area contributed by atoms with Crippen molar-refractivity contribution in [3.8, 4) is 0 Å². The maximum Gasteiger partial charge on any atom is 0.278 e. The summed E-state index contributed by atoms with van der Waals surface area (Å²) in [5.41, 5.74) is 3.08. The molecule has 0 bridgehead atoms. The third kappa shape index (κ3) is 3.40. The molecule has 4 rings (SSSR count). The average molecular weight is 348 g/mol. The van der Waals surface area contributed by atoms with Gasteiger partial charge in [-0.05, 0) is 18.2 Å². The molecule has 2 aliphatic rings. The number of nitrogens with one attached hydrogen (secondary N) is 2. The van der Waals surface area contributed by atoms with Gasteiger partial charge in [0.25, 0.3) is 5.91 Å². The van der Waals surface area contributed by atoms with E-state index in [-0.39, 0.29) is 18.0 Å². The van der Waals surface area contributed by atoms with E-state index >= 15 is 0 Å². The fourth-order valence-electron chi connectivity index (χ4n) is 3.65. The molecule has 6 nitrogen and oxygen atoms in total. The molecule has 2 aliphatic heterocycles. The summed E-state index contributed by atoms with van der Waals surface area (Å²) in [5.74, 6) is -0.148. The Morgan fingerprint density at radius 2 is 2.20 bits per heavy atom. The van der Waals surface area contributed by atoms with Crippen molar-refractivity contribution in [3.63, 3.8) is 0 Å². The molecule has 1 amide bonds. The maximum atomic E-state index is 13.6. The van der Waals surface area contributed by atoms with Crippen LogP contribution in [0.2, 0.25) is 0 Å². The third-order valence-electron chi connectivity index (χ3n) is 4.95. The monoisotopic (exact) mass is 348 g/mol. The van der Waals surface area contributed by atoms with E-state index in [1.165, 1.54) is 6.07 Å². The van der Waals surface area contributed by atoms with E-state index in [1.807, 2.05) is 11.9 Å². The van der Waals surface area contributed by atoms with Crippen molar-refractivity contribution in [2.24, 2.45) is 0 Å². The van der Waals surface area contributed by atoms with Crippen LogP contribution in [-0.2, 0) is 27.2 Å². The predicted molar refractivity (Wildman–Crippen MR) is 89.7 cm³/mol. The van der Waals surface area contributed by atoms with Crippen LogP contribution >= 0.6 is 0 Å². The van der Waals surface area contributed by atoms with E-state index in [0.717, 1.165) is 33.5 Å². The van der Waals surface area contributed by atoms with Crippen LogP contribution in [0, 0.1) is 5.82 Å². The lowest BCUT2D eigenvalue weighted by Gasteiger charge is -2.28.